The molecule has 22 heavy (non-hydrogen) atoms. The van der Waals surface area contributed by atoms with Gasteiger partial charge in [0.1, 0.15) is 0 Å². The van der Waals surface area contributed by atoms with Crippen LogP contribution in [0.1, 0.15) is 25.3 Å². The Balaban J connectivity index is 1.93. The second-order valence-corrected chi connectivity index (χ2v) is 6.31. The van der Waals surface area contributed by atoms with E-state index in [4.69, 9.17) is 9.47 Å². The zero-order valence-electron chi connectivity index (χ0n) is 13.3. The second-order valence-electron chi connectivity index (χ2n) is 5.46. The van der Waals surface area contributed by atoms with Crippen molar-refractivity contribution in [3.8, 4) is 11.5 Å². The predicted molar refractivity (Wildman–Crippen MR) is 89.4 cm³/mol. The molecule has 0 unspecified atom stereocenters. The summed E-state index contributed by atoms with van der Waals surface area (Å²) in [5.41, 5.74) is 1.13. The molecular weight excluding hydrogens is 348 g/mol. The number of rotatable bonds is 5. The molecule has 1 fully saturated rings. The molecule has 1 aromatic carbocycles. The molecule has 0 aromatic heterocycles. The van der Waals surface area contributed by atoms with Crippen LogP contribution >= 0.6 is 15.9 Å². The maximum absolute atomic E-state index is 11.3. The minimum atomic E-state index is 0.168. The number of carbonyl (C=O) groups excluding carboxylic acids is 1. The quantitative estimate of drug-likeness (QED) is 0.865. The van der Waals surface area contributed by atoms with E-state index in [9.17, 15) is 4.79 Å². The number of nitrogens with zero attached hydrogens (tertiary/aromatic N) is 1. The molecule has 1 aliphatic heterocycles. The average Bonchev–Trinajstić information content (AvgIpc) is 2.53. The van der Waals surface area contributed by atoms with Crippen molar-refractivity contribution in [2.24, 2.45) is 0 Å². The summed E-state index contributed by atoms with van der Waals surface area (Å²) in [5.74, 6) is 1.61. The Bertz CT molecular complexity index is 528. The van der Waals surface area contributed by atoms with Crippen molar-refractivity contribution in [3.63, 3.8) is 0 Å². The number of likely N-dealkylation sites (tertiary alicyclic amines) is 1. The zero-order valence-corrected chi connectivity index (χ0v) is 14.9. The van der Waals surface area contributed by atoms with Gasteiger partial charge in [-0.2, -0.15) is 0 Å². The summed E-state index contributed by atoms with van der Waals surface area (Å²) >= 11 is 3.58. The van der Waals surface area contributed by atoms with E-state index >= 15 is 0 Å². The highest BCUT2D eigenvalue weighted by Crippen LogP contribution is 2.33. The number of amides is 1. The van der Waals surface area contributed by atoms with Crippen LogP contribution in [0.5, 0.6) is 11.5 Å². The van der Waals surface area contributed by atoms with Crippen molar-refractivity contribution in [1.82, 2.24) is 10.2 Å². The van der Waals surface area contributed by atoms with Crippen LogP contribution in [0, 0.1) is 0 Å². The first kappa shape index (κ1) is 17.1. The van der Waals surface area contributed by atoms with E-state index in [0.717, 1.165) is 48.3 Å². The van der Waals surface area contributed by atoms with Crippen molar-refractivity contribution in [2.45, 2.75) is 32.4 Å². The summed E-state index contributed by atoms with van der Waals surface area (Å²) in [6.07, 6.45) is 1.98. The van der Waals surface area contributed by atoms with Gasteiger partial charge < -0.3 is 19.7 Å². The molecule has 1 aliphatic rings. The smallest absolute Gasteiger partial charge is 0.219 e. The van der Waals surface area contributed by atoms with Gasteiger partial charge in [-0.05, 0) is 30.5 Å². The molecule has 2 rings (SSSR count). The van der Waals surface area contributed by atoms with E-state index in [1.165, 1.54) is 0 Å². The Morgan fingerprint density at radius 3 is 2.41 bits per heavy atom. The number of methoxy groups -OCH3 is 2. The van der Waals surface area contributed by atoms with Crippen molar-refractivity contribution in [2.75, 3.05) is 27.3 Å². The molecule has 0 radical (unpaired) electrons. The molecular formula is C16H23BrN2O3. The minimum Gasteiger partial charge on any atom is -0.493 e. The first-order valence-corrected chi connectivity index (χ1v) is 8.23. The van der Waals surface area contributed by atoms with Crippen LogP contribution in [0.25, 0.3) is 0 Å². The third-order valence-electron chi connectivity index (χ3n) is 4.07. The summed E-state index contributed by atoms with van der Waals surface area (Å²) in [5, 5.41) is 3.56. The molecule has 1 saturated heterocycles. The Hall–Kier alpha value is -1.27. The summed E-state index contributed by atoms with van der Waals surface area (Å²) in [7, 11) is 3.27. The lowest BCUT2D eigenvalue weighted by Gasteiger charge is -2.32. The fraction of sp³-hybridized carbons (Fsp3) is 0.562. The van der Waals surface area contributed by atoms with Crippen molar-refractivity contribution < 1.29 is 14.3 Å². The van der Waals surface area contributed by atoms with Gasteiger partial charge in [-0.15, -0.1) is 0 Å². The Morgan fingerprint density at radius 2 is 1.86 bits per heavy atom. The molecule has 122 valence electrons. The summed E-state index contributed by atoms with van der Waals surface area (Å²) < 4.78 is 11.6. The minimum absolute atomic E-state index is 0.168. The average molecular weight is 371 g/mol. The summed E-state index contributed by atoms with van der Waals surface area (Å²) in [6, 6.07) is 4.35. The van der Waals surface area contributed by atoms with Crippen molar-refractivity contribution in [1.29, 1.82) is 0 Å². The van der Waals surface area contributed by atoms with Gasteiger partial charge >= 0.3 is 0 Å². The predicted octanol–water partition coefficient (Wildman–Crippen LogP) is 2.57. The fourth-order valence-electron chi connectivity index (χ4n) is 2.68. The summed E-state index contributed by atoms with van der Waals surface area (Å²) in [6.45, 7) is 4.06. The van der Waals surface area contributed by atoms with E-state index in [2.05, 4.69) is 21.2 Å². The van der Waals surface area contributed by atoms with Crippen LogP contribution in [-0.2, 0) is 11.3 Å². The van der Waals surface area contributed by atoms with Gasteiger partial charge in [-0.1, -0.05) is 15.9 Å². The van der Waals surface area contributed by atoms with E-state index in [1.54, 1.807) is 21.1 Å². The number of nitrogens with one attached hydrogen (secondary N) is 1. The van der Waals surface area contributed by atoms with Gasteiger partial charge in [-0.25, -0.2) is 0 Å². The first-order valence-electron chi connectivity index (χ1n) is 7.44. The van der Waals surface area contributed by atoms with E-state index in [1.807, 2.05) is 17.0 Å². The molecule has 0 spiro atoms. The van der Waals surface area contributed by atoms with E-state index < -0.39 is 0 Å². The van der Waals surface area contributed by atoms with Gasteiger partial charge in [0.25, 0.3) is 0 Å². The van der Waals surface area contributed by atoms with Crippen molar-refractivity contribution >= 4 is 21.8 Å². The van der Waals surface area contributed by atoms with Crippen LogP contribution in [0.2, 0.25) is 0 Å². The van der Waals surface area contributed by atoms with Gasteiger partial charge in [0.15, 0.2) is 11.5 Å². The molecule has 0 bridgehead atoms. The molecule has 6 heteroatoms. The zero-order chi connectivity index (χ0) is 16.1. The molecule has 1 amide bonds. The highest BCUT2D eigenvalue weighted by Gasteiger charge is 2.20. The van der Waals surface area contributed by atoms with Crippen LogP contribution in [0.4, 0.5) is 0 Å². The Labute approximate surface area is 140 Å². The highest BCUT2D eigenvalue weighted by atomic mass is 79.9. The third-order valence-corrected chi connectivity index (χ3v) is 4.81. The number of benzene rings is 1. The largest absolute Gasteiger partial charge is 0.493 e. The molecule has 1 heterocycles. The SMILES string of the molecule is COc1cc(Br)c(CNC2CCN(C(C)=O)CC2)cc1OC. The number of halogens is 1. The Kier molecular flexibility index (Phi) is 6.08. The van der Waals surface area contributed by atoms with Crippen LogP contribution < -0.4 is 14.8 Å². The lowest BCUT2D eigenvalue weighted by atomic mass is 10.0. The number of carbonyl (C=O) groups is 1. The van der Waals surface area contributed by atoms with Gasteiger partial charge in [0.05, 0.1) is 14.2 Å². The third kappa shape index (κ3) is 4.14. The van der Waals surface area contributed by atoms with Gasteiger partial charge in [0.2, 0.25) is 5.91 Å². The van der Waals surface area contributed by atoms with Crippen LogP contribution in [-0.4, -0.2) is 44.2 Å². The second kappa shape index (κ2) is 7.83. The van der Waals surface area contributed by atoms with E-state index in [0.29, 0.717) is 11.8 Å². The lowest BCUT2D eigenvalue weighted by molar-refractivity contribution is -0.129. The summed E-state index contributed by atoms with van der Waals surface area (Å²) in [4.78, 5) is 13.2. The molecule has 0 aliphatic carbocycles. The molecule has 1 aromatic rings. The lowest BCUT2D eigenvalue weighted by Crippen LogP contribution is -2.43. The fourth-order valence-corrected chi connectivity index (χ4v) is 3.15. The van der Waals surface area contributed by atoms with Crippen LogP contribution in [0.15, 0.2) is 16.6 Å². The topological polar surface area (TPSA) is 50.8 Å². The maximum Gasteiger partial charge on any atom is 0.219 e. The standard InChI is InChI=1S/C16H23BrN2O3/c1-11(20)19-6-4-13(5-7-19)18-10-12-8-15(21-2)16(22-3)9-14(12)17/h8-9,13,18H,4-7,10H2,1-3H3. The monoisotopic (exact) mass is 370 g/mol. The number of hydrogen-bond acceptors (Lipinski definition) is 4. The normalized spacial score (nSPS) is 15.7. The van der Waals surface area contributed by atoms with Crippen molar-refractivity contribution in [3.05, 3.63) is 22.2 Å². The van der Waals surface area contributed by atoms with E-state index in [-0.39, 0.29) is 5.91 Å². The molecule has 5 nitrogen and oxygen atoms in total. The highest BCUT2D eigenvalue weighted by molar-refractivity contribution is 9.10. The van der Waals surface area contributed by atoms with Gasteiger partial charge in [-0.3, -0.25) is 4.79 Å². The molecule has 0 saturated carbocycles. The Morgan fingerprint density at radius 1 is 1.27 bits per heavy atom. The number of piperidine rings is 1. The maximum atomic E-state index is 11.3. The molecule has 1 N–H and O–H groups in total. The van der Waals surface area contributed by atoms with Crippen LogP contribution in [0.3, 0.4) is 0 Å². The number of ether oxygens (including phenoxy) is 2. The molecule has 0 atom stereocenters. The first-order chi connectivity index (χ1) is 10.5. The van der Waals surface area contributed by atoms with Gasteiger partial charge in [0, 0.05) is 37.1 Å². The number of hydrogen-bond donors (Lipinski definition) is 1.